The Bertz CT molecular complexity index is 463. The van der Waals surface area contributed by atoms with Gasteiger partial charge in [0.1, 0.15) is 0 Å². The van der Waals surface area contributed by atoms with Crippen LogP contribution in [0.1, 0.15) is 39.5 Å². The number of nitrogens with two attached hydrogens (primary N) is 2. The van der Waals surface area contributed by atoms with E-state index < -0.39 is 11.9 Å². The summed E-state index contributed by atoms with van der Waals surface area (Å²) in [5, 5.41) is 0. The molecule has 8 heteroatoms. The topological polar surface area (TPSA) is 130 Å². The maximum Gasteiger partial charge on any atom is 0.312 e. The number of anilines is 2. The number of esters is 2. The van der Waals surface area contributed by atoms with Crippen molar-refractivity contribution in [2.24, 2.45) is 0 Å². The normalized spacial score (nSPS) is 10.1. The van der Waals surface area contributed by atoms with Crippen molar-refractivity contribution in [3.63, 3.8) is 0 Å². The summed E-state index contributed by atoms with van der Waals surface area (Å²) in [5.74, 6) is -1.59. The van der Waals surface area contributed by atoms with Gasteiger partial charge in [-0.2, -0.15) is 9.97 Å². The first-order valence-electron chi connectivity index (χ1n) is 6.32. The van der Waals surface area contributed by atoms with Crippen molar-refractivity contribution >= 4 is 23.6 Å². The Kier molecular flexibility index (Phi) is 5.70. The zero-order chi connectivity index (χ0) is 15.1. The van der Waals surface area contributed by atoms with E-state index in [9.17, 15) is 9.59 Å². The van der Waals surface area contributed by atoms with Gasteiger partial charge in [0.2, 0.25) is 5.95 Å². The molecular formula is C12H18N4O4. The van der Waals surface area contributed by atoms with Crippen molar-refractivity contribution in [3.05, 3.63) is 0 Å². The second-order valence-corrected chi connectivity index (χ2v) is 4.05. The highest BCUT2D eigenvalue weighted by molar-refractivity contribution is 5.77. The molecule has 20 heavy (non-hydrogen) atoms. The molecule has 0 saturated heterocycles. The molecule has 1 aromatic heterocycles. The molecule has 0 aliphatic carbocycles. The number of nitrogen functional groups attached to an aromatic ring is 2. The van der Waals surface area contributed by atoms with Crippen molar-refractivity contribution < 1.29 is 19.1 Å². The van der Waals surface area contributed by atoms with Gasteiger partial charge in [-0.25, -0.2) is 0 Å². The van der Waals surface area contributed by atoms with Crippen LogP contribution in [0.2, 0.25) is 0 Å². The quantitative estimate of drug-likeness (QED) is 0.740. The average molecular weight is 282 g/mol. The first-order valence-corrected chi connectivity index (χ1v) is 6.32. The number of carbonyl (C=O) groups is 2. The number of nitrogens with zero attached hydrogens (tertiary/aromatic N) is 2. The molecule has 4 N–H and O–H groups in total. The first-order chi connectivity index (χ1) is 9.47. The molecule has 8 nitrogen and oxygen atoms in total. The van der Waals surface area contributed by atoms with Crippen molar-refractivity contribution in [1.29, 1.82) is 0 Å². The predicted molar refractivity (Wildman–Crippen MR) is 71.9 cm³/mol. The molecule has 0 amide bonds. The predicted octanol–water partition coefficient (Wildman–Crippen LogP) is 1.05. The van der Waals surface area contributed by atoms with E-state index in [4.69, 9.17) is 20.9 Å². The van der Waals surface area contributed by atoms with Gasteiger partial charge in [0, 0.05) is 12.8 Å². The Labute approximate surface area is 116 Å². The van der Waals surface area contributed by atoms with Gasteiger partial charge in [-0.05, 0) is 12.8 Å². The summed E-state index contributed by atoms with van der Waals surface area (Å²) in [6, 6.07) is 0. The second kappa shape index (κ2) is 7.27. The number of ether oxygens (including phenoxy) is 2. The fraction of sp³-hybridized carbons (Fsp3) is 0.500. The SMILES string of the molecule is CCCC(=O)Oc1nc(N)nc(OC(=O)CCC)c1N. The Morgan fingerprint density at radius 1 is 0.950 bits per heavy atom. The molecule has 0 radical (unpaired) electrons. The molecule has 1 aromatic rings. The molecule has 0 bridgehead atoms. The number of aromatic nitrogens is 2. The highest BCUT2D eigenvalue weighted by Crippen LogP contribution is 2.29. The van der Waals surface area contributed by atoms with Gasteiger partial charge in [-0.1, -0.05) is 13.8 Å². The third-order valence-electron chi connectivity index (χ3n) is 2.22. The van der Waals surface area contributed by atoms with E-state index in [-0.39, 0.29) is 36.2 Å². The Hall–Kier alpha value is -2.38. The molecule has 0 atom stereocenters. The molecule has 0 unspecified atom stereocenters. The van der Waals surface area contributed by atoms with Crippen molar-refractivity contribution in [2.75, 3.05) is 11.5 Å². The third-order valence-corrected chi connectivity index (χ3v) is 2.22. The summed E-state index contributed by atoms with van der Waals surface area (Å²) in [7, 11) is 0. The molecule has 1 heterocycles. The number of rotatable bonds is 6. The van der Waals surface area contributed by atoms with Crippen molar-refractivity contribution in [2.45, 2.75) is 39.5 Å². The molecule has 0 aliphatic heterocycles. The fourth-order valence-corrected chi connectivity index (χ4v) is 1.33. The first kappa shape index (κ1) is 15.7. The largest absolute Gasteiger partial charge is 0.405 e. The van der Waals surface area contributed by atoms with Crippen LogP contribution < -0.4 is 20.9 Å². The van der Waals surface area contributed by atoms with Crippen molar-refractivity contribution in [1.82, 2.24) is 9.97 Å². The van der Waals surface area contributed by atoms with Gasteiger partial charge < -0.3 is 20.9 Å². The lowest BCUT2D eigenvalue weighted by Crippen LogP contribution is -2.15. The van der Waals surface area contributed by atoms with Gasteiger partial charge in [0.25, 0.3) is 11.8 Å². The van der Waals surface area contributed by atoms with Crippen LogP contribution in [-0.4, -0.2) is 21.9 Å². The summed E-state index contributed by atoms with van der Waals surface area (Å²) in [6.45, 7) is 3.66. The van der Waals surface area contributed by atoms with E-state index in [1.165, 1.54) is 0 Å². The smallest absolute Gasteiger partial charge is 0.312 e. The Morgan fingerprint density at radius 2 is 1.35 bits per heavy atom. The Balaban J connectivity index is 2.94. The Morgan fingerprint density at radius 3 is 1.70 bits per heavy atom. The van der Waals surface area contributed by atoms with Crippen LogP contribution in [-0.2, 0) is 9.59 Å². The highest BCUT2D eigenvalue weighted by Gasteiger charge is 2.18. The van der Waals surface area contributed by atoms with Crippen LogP contribution in [0.15, 0.2) is 0 Å². The molecule has 0 fully saturated rings. The van der Waals surface area contributed by atoms with Crippen molar-refractivity contribution in [3.8, 4) is 11.8 Å². The highest BCUT2D eigenvalue weighted by atomic mass is 16.6. The van der Waals surface area contributed by atoms with Gasteiger partial charge in [0.15, 0.2) is 5.69 Å². The fourth-order valence-electron chi connectivity index (χ4n) is 1.33. The number of carbonyl (C=O) groups excluding carboxylic acids is 2. The lowest BCUT2D eigenvalue weighted by molar-refractivity contribution is -0.135. The maximum absolute atomic E-state index is 11.4. The minimum atomic E-state index is -0.497. The molecule has 0 aliphatic rings. The van der Waals surface area contributed by atoms with E-state index in [0.29, 0.717) is 12.8 Å². The average Bonchev–Trinajstić information content (AvgIpc) is 2.35. The summed E-state index contributed by atoms with van der Waals surface area (Å²) in [6.07, 6.45) is 1.68. The van der Waals surface area contributed by atoms with E-state index in [1.807, 2.05) is 13.8 Å². The van der Waals surface area contributed by atoms with Gasteiger partial charge in [-0.3, -0.25) is 9.59 Å². The summed E-state index contributed by atoms with van der Waals surface area (Å²) < 4.78 is 9.92. The minimum absolute atomic E-state index is 0.131. The summed E-state index contributed by atoms with van der Waals surface area (Å²) >= 11 is 0. The van der Waals surface area contributed by atoms with Crippen LogP contribution >= 0.6 is 0 Å². The zero-order valence-electron chi connectivity index (χ0n) is 11.5. The monoisotopic (exact) mass is 282 g/mol. The van der Waals surface area contributed by atoms with E-state index in [0.717, 1.165) is 0 Å². The van der Waals surface area contributed by atoms with Crippen LogP contribution in [0.5, 0.6) is 11.8 Å². The van der Waals surface area contributed by atoms with Crippen LogP contribution in [0.25, 0.3) is 0 Å². The van der Waals surface area contributed by atoms with Gasteiger partial charge >= 0.3 is 11.9 Å². The second-order valence-electron chi connectivity index (χ2n) is 4.05. The number of hydrogen-bond donors (Lipinski definition) is 2. The molecule has 0 spiro atoms. The van der Waals surface area contributed by atoms with Gasteiger partial charge in [0.05, 0.1) is 0 Å². The zero-order valence-corrected chi connectivity index (χ0v) is 11.5. The molecule has 1 rings (SSSR count). The lowest BCUT2D eigenvalue weighted by atomic mass is 10.3. The standard InChI is InChI=1S/C12H18N4O4/c1-3-5-7(17)19-10-9(13)11(16-12(14)15-10)20-8(18)6-4-2/h3-6,13H2,1-2H3,(H2,14,15,16). The molecule has 0 saturated carbocycles. The summed E-state index contributed by atoms with van der Waals surface area (Å²) in [4.78, 5) is 30.3. The van der Waals surface area contributed by atoms with E-state index >= 15 is 0 Å². The number of hydrogen-bond acceptors (Lipinski definition) is 8. The maximum atomic E-state index is 11.4. The van der Waals surface area contributed by atoms with Crippen LogP contribution in [0.4, 0.5) is 11.6 Å². The lowest BCUT2D eigenvalue weighted by Gasteiger charge is -2.10. The third kappa shape index (κ3) is 4.38. The molecule has 0 aromatic carbocycles. The molecular weight excluding hydrogens is 264 g/mol. The summed E-state index contributed by atoms with van der Waals surface area (Å²) in [5.41, 5.74) is 11.0. The molecule has 110 valence electrons. The van der Waals surface area contributed by atoms with Crippen LogP contribution in [0, 0.1) is 0 Å². The van der Waals surface area contributed by atoms with E-state index in [1.54, 1.807) is 0 Å². The van der Waals surface area contributed by atoms with Crippen LogP contribution in [0.3, 0.4) is 0 Å². The van der Waals surface area contributed by atoms with E-state index in [2.05, 4.69) is 9.97 Å². The minimum Gasteiger partial charge on any atom is -0.405 e. The van der Waals surface area contributed by atoms with Gasteiger partial charge in [-0.15, -0.1) is 0 Å².